The van der Waals surface area contributed by atoms with Crippen molar-refractivity contribution in [2.24, 2.45) is 10.9 Å². The average Bonchev–Trinajstić information content (AvgIpc) is 3.10. The average molecular weight is 409 g/mol. The smallest absolute Gasteiger partial charge is 0.202 e. The predicted molar refractivity (Wildman–Crippen MR) is 114 cm³/mol. The van der Waals surface area contributed by atoms with Gasteiger partial charge in [-0.3, -0.25) is 4.79 Å². The van der Waals surface area contributed by atoms with E-state index in [2.05, 4.69) is 21.7 Å². The number of carbonyl (C=O) groups excluding carboxylic acids is 1. The molecule has 2 aromatic carbocycles. The minimum absolute atomic E-state index is 0.192. The van der Waals surface area contributed by atoms with Crippen molar-refractivity contribution in [2.45, 2.75) is 18.9 Å². The number of ketones is 1. The number of fused-ring (bicyclic) bond motifs is 2. The van der Waals surface area contributed by atoms with Crippen LogP contribution in [0.4, 0.5) is 5.13 Å². The summed E-state index contributed by atoms with van der Waals surface area (Å²) in [5.41, 5.74) is 2.69. The maximum Gasteiger partial charge on any atom is 0.202 e. The zero-order valence-corrected chi connectivity index (χ0v) is 16.4. The molecular formula is C21H17ClN4OS. The molecule has 1 aromatic heterocycles. The van der Waals surface area contributed by atoms with Crippen LogP contribution in [0.3, 0.4) is 0 Å². The zero-order valence-electron chi connectivity index (χ0n) is 14.9. The van der Waals surface area contributed by atoms with Crippen LogP contribution in [-0.4, -0.2) is 16.7 Å². The third-order valence-corrected chi connectivity index (χ3v) is 6.32. The molecule has 0 fully saturated rings. The first-order valence-corrected chi connectivity index (χ1v) is 10.3. The molecule has 0 bridgehead atoms. The third-order valence-electron chi connectivity index (χ3n) is 5.03. The highest BCUT2D eigenvalue weighted by atomic mass is 35.5. The van der Waals surface area contributed by atoms with Gasteiger partial charge in [0, 0.05) is 17.1 Å². The van der Waals surface area contributed by atoms with Crippen LogP contribution >= 0.6 is 22.9 Å². The number of benzene rings is 2. The monoisotopic (exact) mass is 408 g/mol. The lowest BCUT2D eigenvalue weighted by atomic mass is 9.81. The Balaban J connectivity index is 1.55. The van der Waals surface area contributed by atoms with Crippen molar-refractivity contribution in [3.8, 4) is 0 Å². The molecule has 5 rings (SSSR count). The summed E-state index contributed by atoms with van der Waals surface area (Å²) in [7, 11) is 0. The predicted octanol–water partition coefficient (Wildman–Crippen LogP) is 4.93. The fourth-order valence-electron chi connectivity index (χ4n) is 3.74. The summed E-state index contributed by atoms with van der Waals surface area (Å²) in [4.78, 5) is 22.1. The first-order valence-electron chi connectivity index (χ1n) is 9.13. The van der Waals surface area contributed by atoms with Gasteiger partial charge in [-0.05, 0) is 30.2 Å². The summed E-state index contributed by atoms with van der Waals surface area (Å²) in [6.45, 7) is 0. The molecule has 5 nitrogen and oxygen atoms in total. The lowest BCUT2D eigenvalue weighted by Crippen LogP contribution is -2.43. The van der Waals surface area contributed by atoms with Crippen molar-refractivity contribution < 1.29 is 4.79 Å². The maximum absolute atomic E-state index is 12.7. The van der Waals surface area contributed by atoms with Gasteiger partial charge in [-0.1, -0.05) is 59.3 Å². The standard InChI is InChI=1S/C21H17ClN4OS/c22-13-7-2-1-6-12(13)19-18-15(9-5-10-16(18)27)23-20(25-19)26-21-24-14-8-3-4-11-17(14)28-21/h1-4,6-9,11,18-19H,5,10H2,(H2,23,24,25,26)/t18-,19-/m1/s1. The molecule has 2 N–H and O–H groups in total. The Hall–Kier alpha value is -2.70. The van der Waals surface area contributed by atoms with E-state index in [-0.39, 0.29) is 17.7 Å². The van der Waals surface area contributed by atoms with Gasteiger partial charge >= 0.3 is 0 Å². The van der Waals surface area contributed by atoms with E-state index in [1.54, 1.807) is 11.3 Å². The number of aromatic nitrogens is 1. The number of aliphatic imine (C=N–C) groups is 1. The van der Waals surface area contributed by atoms with Crippen LogP contribution in [-0.2, 0) is 4.79 Å². The summed E-state index contributed by atoms with van der Waals surface area (Å²) in [6, 6.07) is 15.2. The number of nitrogens with one attached hydrogen (secondary N) is 2. The minimum Gasteiger partial charge on any atom is -0.329 e. The number of para-hydroxylation sites is 1. The number of hydrogen-bond acceptors (Lipinski definition) is 6. The van der Waals surface area contributed by atoms with E-state index in [0.29, 0.717) is 17.4 Å². The van der Waals surface area contributed by atoms with Crippen LogP contribution in [0.25, 0.3) is 10.2 Å². The molecule has 0 saturated heterocycles. The first-order chi connectivity index (χ1) is 13.7. The van der Waals surface area contributed by atoms with Crippen molar-refractivity contribution in [2.75, 3.05) is 5.32 Å². The van der Waals surface area contributed by atoms with E-state index in [0.717, 1.165) is 33.0 Å². The van der Waals surface area contributed by atoms with Crippen molar-refractivity contribution >= 4 is 50.0 Å². The number of guanidine groups is 1. The molecule has 28 heavy (non-hydrogen) atoms. The van der Waals surface area contributed by atoms with Crippen molar-refractivity contribution in [3.63, 3.8) is 0 Å². The Morgan fingerprint density at radius 2 is 1.96 bits per heavy atom. The topological polar surface area (TPSA) is 66.4 Å². The van der Waals surface area contributed by atoms with Crippen LogP contribution in [0.1, 0.15) is 24.4 Å². The highest BCUT2D eigenvalue weighted by molar-refractivity contribution is 7.22. The van der Waals surface area contributed by atoms with Crippen molar-refractivity contribution in [1.82, 2.24) is 10.3 Å². The Labute approximate surface area is 171 Å². The first kappa shape index (κ1) is 17.4. The molecule has 2 aliphatic rings. The normalized spacial score (nSPS) is 21.5. The van der Waals surface area contributed by atoms with Crippen LogP contribution < -0.4 is 10.6 Å². The highest BCUT2D eigenvalue weighted by Gasteiger charge is 2.38. The van der Waals surface area contributed by atoms with Gasteiger partial charge in [0.2, 0.25) is 5.96 Å². The van der Waals surface area contributed by atoms with Gasteiger partial charge in [0.25, 0.3) is 0 Å². The maximum atomic E-state index is 12.7. The lowest BCUT2D eigenvalue weighted by molar-refractivity contribution is -0.122. The summed E-state index contributed by atoms with van der Waals surface area (Å²) < 4.78 is 1.11. The number of anilines is 1. The molecule has 2 heterocycles. The molecule has 0 saturated carbocycles. The molecule has 1 aliphatic heterocycles. The minimum atomic E-state index is -0.356. The van der Waals surface area contributed by atoms with E-state index >= 15 is 0 Å². The number of thiazole rings is 1. The summed E-state index contributed by atoms with van der Waals surface area (Å²) in [6.07, 6.45) is 3.36. The van der Waals surface area contributed by atoms with E-state index in [1.807, 2.05) is 48.5 Å². The van der Waals surface area contributed by atoms with Crippen LogP contribution in [0.15, 0.2) is 65.3 Å². The number of rotatable bonds is 2. The largest absolute Gasteiger partial charge is 0.329 e. The second-order valence-electron chi connectivity index (χ2n) is 6.82. The van der Waals surface area contributed by atoms with Crippen molar-refractivity contribution in [3.05, 3.63) is 70.9 Å². The quantitative estimate of drug-likeness (QED) is 0.631. The van der Waals surface area contributed by atoms with E-state index in [4.69, 9.17) is 16.6 Å². The van der Waals surface area contributed by atoms with Gasteiger partial charge < -0.3 is 10.6 Å². The van der Waals surface area contributed by atoms with Gasteiger partial charge in [0.15, 0.2) is 5.13 Å². The van der Waals surface area contributed by atoms with Gasteiger partial charge in [-0.25, -0.2) is 9.98 Å². The zero-order chi connectivity index (χ0) is 19.1. The van der Waals surface area contributed by atoms with Crippen LogP contribution in [0.5, 0.6) is 0 Å². The van der Waals surface area contributed by atoms with E-state index in [9.17, 15) is 4.79 Å². The highest BCUT2D eigenvalue weighted by Crippen LogP contribution is 2.40. The van der Waals surface area contributed by atoms with Gasteiger partial charge in [0.05, 0.1) is 22.2 Å². The molecule has 140 valence electrons. The van der Waals surface area contributed by atoms with Crippen LogP contribution in [0, 0.1) is 5.92 Å². The summed E-state index contributed by atoms with van der Waals surface area (Å²) in [5, 5.41) is 7.97. The summed E-state index contributed by atoms with van der Waals surface area (Å²) in [5.74, 6) is 0.452. The number of nitrogens with zero attached hydrogens (tertiary/aromatic N) is 2. The molecule has 0 spiro atoms. The number of hydrogen-bond donors (Lipinski definition) is 2. The van der Waals surface area contributed by atoms with Gasteiger partial charge in [0.1, 0.15) is 5.78 Å². The van der Waals surface area contributed by atoms with Crippen molar-refractivity contribution in [1.29, 1.82) is 0 Å². The Bertz CT molecular complexity index is 1100. The molecule has 0 radical (unpaired) electrons. The molecular weight excluding hydrogens is 392 g/mol. The molecule has 2 atom stereocenters. The molecule has 3 aromatic rings. The lowest BCUT2D eigenvalue weighted by Gasteiger charge is -2.34. The fourth-order valence-corrected chi connectivity index (χ4v) is 4.85. The van der Waals surface area contributed by atoms with Gasteiger partial charge in [-0.15, -0.1) is 0 Å². The Kier molecular flexibility index (Phi) is 4.37. The number of allylic oxidation sites excluding steroid dienone is 1. The SMILES string of the molecule is O=C1CCC=C2NC(Nc3nc4ccccc4s3)=N[C@H](c3ccccc3Cl)[C@@H]12. The Morgan fingerprint density at radius 1 is 1.14 bits per heavy atom. The second kappa shape index (κ2) is 7.04. The van der Waals surface area contributed by atoms with E-state index in [1.165, 1.54) is 0 Å². The van der Waals surface area contributed by atoms with E-state index < -0.39 is 0 Å². The molecule has 1 aliphatic carbocycles. The van der Waals surface area contributed by atoms with Crippen LogP contribution in [0.2, 0.25) is 5.02 Å². The molecule has 7 heteroatoms. The third kappa shape index (κ3) is 3.08. The number of halogens is 1. The molecule has 0 amide bonds. The fraction of sp³-hybridized carbons (Fsp3) is 0.190. The Morgan fingerprint density at radius 3 is 2.82 bits per heavy atom. The number of Topliss-reactive ketones (excluding diaryl/α,β-unsaturated/α-hetero) is 1. The summed E-state index contributed by atoms with van der Waals surface area (Å²) >= 11 is 8.01. The second-order valence-corrected chi connectivity index (χ2v) is 8.26. The number of carbonyl (C=O) groups is 1. The molecule has 0 unspecified atom stereocenters. The van der Waals surface area contributed by atoms with Gasteiger partial charge in [-0.2, -0.15) is 0 Å².